The zero-order chi connectivity index (χ0) is 20.7. The van der Waals surface area contributed by atoms with Gasteiger partial charge in [-0.3, -0.25) is 0 Å². The molecule has 1 atom stereocenters. The van der Waals surface area contributed by atoms with Crippen LogP contribution in [0.4, 0.5) is 0 Å². The van der Waals surface area contributed by atoms with E-state index < -0.39 is 0 Å². The number of hydrogen-bond donors (Lipinski definition) is 0. The Balaban J connectivity index is 0.000000878. The molecule has 0 radical (unpaired) electrons. The third-order valence-electron chi connectivity index (χ3n) is 5.57. The molecule has 0 heterocycles. The van der Waals surface area contributed by atoms with Crippen molar-refractivity contribution in [3.63, 3.8) is 0 Å². The second kappa shape index (κ2) is 10.6. The maximum atomic E-state index is 8.44. The summed E-state index contributed by atoms with van der Waals surface area (Å²) in [7, 11) is 9.65. The van der Waals surface area contributed by atoms with Crippen molar-refractivity contribution in [2.24, 2.45) is 11.3 Å². The fourth-order valence-electron chi connectivity index (χ4n) is 3.82. The van der Waals surface area contributed by atoms with E-state index >= 15 is 0 Å². The summed E-state index contributed by atoms with van der Waals surface area (Å²) in [5.74, 6) is 0.145. The van der Waals surface area contributed by atoms with Crippen LogP contribution < -0.4 is 0 Å². The average molecular weight is 453 g/mol. The summed E-state index contributed by atoms with van der Waals surface area (Å²) in [6, 6.07) is 10.7. The second-order valence-electron chi connectivity index (χ2n) is 7.89. The van der Waals surface area contributed by atoms with E-state index in [1.807, 2.05) is 6.92 Å². The van der Waals surface area contributed by atoms with Crippen LogP contribution in [0.2, 0.25) is 0 Å². The summed E-state index contributed by atoms with van der Waals surface area (Å²) in [5, 5.41) is 0. The third-order valence-corrected chi connectivity index (χ3v) is 5.57. The molecule has 1 aromatic rings. The van der Waals surface area contributed by atoms with Crippen LogP contribution in [-0.4, -0.2) is 0 Å². The van der Waals surface area contributed by atoms with Crippen LogP contribution in [0.5, 0.6) is 0 Å². The predicted octanol–water partition coefficient (Wildman–Crippen LogP) is 8.65. The van der Waals surface area contributed by atoms with Gasteiger partial charge in [0.05, 0.1) is 0 Å². The van der Waals surface area contributed by atoms with E-state index in [0.717, 1.165) is 24.1 Å². The van der Waals surface area contributed by atoms with Gasteiger partial charge in [0.15, 0.2) is 0 Å². The minimum absolute atomic E-state index is 0.105. The summed E-state index contributed by atoms with van der Waals surface area (Å²) in [4.78, 5) is 0. The molecule has 1 unspecified atom stereocenters. The molecular weight excluding hydrogens is 425 g/mol. The van der Waals surface area contributed by atoms with Gasteiger partial charge < -0.3 is 5.73 Å². The fraction of sp³-hybridized carbons (Fsp3) is 0.333. The standard InChI is InChI=1S/C24H28N.2ClH.Cr/c1-17-14-15-21(18(2)23(17)25)22(19-10-6-5-7-11-19)16-24(3,4)20-12-8-9-13-20;;;/h5-12,14-15,18,25H,13,16H2,1-4H3;2*1H;/q-1;;;+3/p-2. The average Bonchev–Trinajstić information content (AvgIpc) is 3.22. The molecule has 1 nitrogen and oxygen atoms in total. The SMILES string of the molecule is CC1=C([NH-])C(C)C(=C(CC(C)(C)C2=CC=CC2)c2ccccc2)C=C1.[Cl][Cr+][Cl]. The number of rotatable bonds is 4. The van der Waals surface area contributed by atoms with E-state index in [2.05, 4.69) is 81.5 Å². The quantitative estimate of drug-likeness (QED) is 0.436. The zero-order valence-corrected chi connectivity index (χ0v) is 19.7. The molecular formula is C24H28Cl2CrN. The Hall–Kier alpha value is -1.17. The Kier molecular flexibility index (Phi) is 8.72. The summed E-state index contributed by atoms with van der Waals surface area (Å²) in [6.07, 6.45) is 13.1. The number of nitrogens with one attached hydrogen (secondary N) is 1. The normalized spacial score (nSPS) is 20.5. The van der Waals surface area contributed by atoms with Crippen molar-refractivity contribution in [1.82, 2.24) is 0 Å². The van der Waals surface area contributed by atoms with Crippen molar-refractivity contribution >= 4 is 25.7 Å². The molecule has 1 N–H and O–H groups in total. The molecule has 0 amide bonds. The van der Waals surface area contributed by atoms with Crippen molar-refractivity contribution in [3.05, 3.63) is 94.4 Å². The van der Waals surface area contributed by atoms with E-state index in [0.29, 0.717) is 0 Å². The Morgan fingerprint density at radius 2 is 1.82 bits per heavy atom. The van der Waals surface area contributed by atoms with Crippen LogP contribution in [0.3, 0.4) is 0 Å². The Morgan fingerprint density at radius 1 is 1.18 bits per heavy atom. The molecule has 2 aliphatic rings. The predicted molar refractivity (Wildman–Crippen MR) is 121 cm³/mol. The molecule has 1 aromatic carbocycles. The molecule has 0 fully saturated rings. The van der Waals surface area contributed by atoms with Crippen LogP contribution in [-0.2, 0) is 13.4 Å². The van der Waals surface area contributed by atoms with Gasteiger partial charge in [-0.25, -0.2) is 0 Å². The number of allylic oxidation sites excluding steroid dienone is 9. The van der Waals surface area contributed by atoms with Gasteiger partial charge in [-0.2, -0.15) is 5.70 Å². The molecule has 0 saturated heterocycles. The number of halogens is 2. The molecule has 2 aliphatic carbocycles. The van der Waals surface area contributed by atoms with Crippen LogP contribution in [0, 0.1) is 11.3 Å². The van der Waals surface area contributed by atoms with Crippen molar-refractivity contribution in [2.45, 2.75) is 40.5 Å². The fourth-order valence-corrected chi connectivity index (χ4v) is 3.82. The summed E-state index contributed by atoms with van der Waals surface area (Å²) < 4.78 is 0. The van der Waals surface area contributed by atoms with Crippen molar-refractivity contribution < 1.29 is 13.4 Å². The Labute approximate surface area is 184 Å². The van der Waals surface area contributed by atoms with Gasteiger partial charge in [0.25, 0.3) is 0 Å². The summed E-state index contributed by atoms with van der Waals surface area (Å²) in [5.41, 5.74) is 15.8. The van der Waals surface area contributed by atoms with Gasteiger partial charge in [0.1, 0.15) is 0 Å². The van der Waals surface area contributed by atoms with Gasteiger partial charge in [-0.15, -0.1) is 0 Å². The van der Waals surface area contributed by atoms with Crippen LogP contribution in [0.1, 0.15) is 46.1 Å². The van der Waals surface area contributed by atoms with Gasteiger partial charge in [-0.1, -0.05) is 92.6 Å². The van der Waals surface area contributed by atoms with Crippen LogP contribution in [0.15, 0.2) is 83.1 Å². The van der Waals surface area contributed by atoms with Gasteiger partial charge in [-0.05, 0) is 47.8 Å². The van der Waals surface area contributed by atoms with Crippen molar-refractivity contribution in [1.29, 1.82) is 0 Å². The van der Waals surface area contributed by atoms with E-state index in [-0.39, 0.29) is 24.7 Å². The maximum absolute atomic E-state index is 8.44. The monoisotopic (exact) mass is 452 g/mol. The molecule has 0 saturated carbocycles. The summed E-state index contributed by atoms with van der Waals surface area (Å²) >= 11 is -0.181. The van der Waals surface area contributed by atoms with Crippen LogP contribution in [0.25, 0.3) is 11.3 Å². The Morgan fingerprint density at radius 3 is 2.39 bits per heavy atom. The molecule has 28 heavy (non-hydrogen) atoms. The molecule has 0 aliphatic heterocycles. The zero-order valence-electron chi connectivity index (χ0n) is 16.9. The van der Waals surface area contributed by atoms with E-state index in [1.165, 1.54) is 22.3 Å². The van der Waals surface area contributed by atoms with Crippen molar-refractivity contribution in [2.75, 3.05) is 0 Å². The molecule has 0 spiro atoms. The number of hydrogen-bond acceptors (Lipinski definition) is 0. The van der Waals surface area contributed by atoms with Gasteiger partial charge in [0, 0.05) is 0 Å². The molecule has 3 rings (SSSR count). The first-order valence-corrected chi connectivity index (χ1v) is 13.0. The van der Waals surface area contributed by atoms with E-state index in [4.69, 9.17) is 25.8 Å². The van der Waals surface area contributed by atoms with Gasteiger partial charge in [0.2, 0.25) is 0 Å². The number of benzene rings is 1. The topological polar surface area (TPSA) is 23.8 Å². The first-order chi connectivity index (χ1) is 13.3. The Bertz CT molecular complexity index is 829. The third kappa shape index (κ3) is 5.68. The molecule has 0 aromatic heterocycles. The van der Waals surface area contributed by atoms with Crippen molar-refractivity contribution in [3.8, 4) is 0 Å². The first-order valence-electron chi connectivity index (χ1n) is 9.46. The van der Waals surface area contributed by atoms with E-state index in [1.54, 1.807) is 0 Å². The molecule has 149 valence electrons. The summed E-state index contributed by atoms with van der Waals surface area (Å²) in [6.45, 7) is 8.88. The van der Waals surface area contributed by atoms with Crippen LogP contribution >= 0.6 is 20.1 Å². The molecule has 0 bridgehead atoms. The first kappa shape index (κ1) is 23.1. The van der Waals surface area contributed by atoms with E-state index in [9.17, 15) is 0 Å². The molecule has 4 heteroatoms. The second-order valence-corrected chi connectivity index (χ2v) is 10.0. The minimum atomic E-state index is -0.181. The van der Waals surface area contributed by atoms with Gasteiger partial charge >= 0.3 is 33.5 Å².